The lowest BCUT2D eigenvalue weighted by Gasteiger charge is -2.36. The van der Waals surface area contributed by atoms with Crippen molar-refractivity contribution in [3.8, 4) is 0 Å². The molecule has 1 saturated heterocycles. The highest BCUT2D eigenvalue weighted by molar-refractivity contribution is 5.53. The standard InChI is InChI=1S/C13H21N3O/c14-11-12-3-1-2-4-13(12)16-7-5-15(6-8-16)9-10-17/h1-4,17H,5-11,14H2. The minimum absolute atomic E-state index is 0.249. The summed E-state index contributed by atoms with van der Waals surface area (Å²) in [7, 11) is 0. The summed E-state index contributed by atoms with van der Waals surface area (Å²) in [5.41, 5.74) is 8.24. The van der Waals surface area contributed by atoms with Gasteiger partial charge in [0, 0.05) is 45.0 Å². The van der Waals surface area contributed by atoms with Gasteiger partial charge in [0.05, 0.1) is 6.61 Å². The van der Waals surface area contributed by atoms with Crippen LogP contribution in [0.3, 0.4) is 0 Å². The highest BCUT2D eigenvalue weighted by atomic mass is 16.3. The fourth-order valence-electron chi connectivity index (χ4n) is 2.35. The maximum absolute atomic E-state index is 8.91. The van der Waals surface area contributed by atoms with Crippen molar-refractivity contribution in [3.05, 3.63) is 29.8 Å². The number of aliphatic hydroxyl groups is 1. The predicted molar refractivity (Wildman–Crippen MR) is 70.1 cm³/mol. The summed E-state index contributed by atoms with van der Waals surface area (Å²) in [6.07, 6.45) is 0. The average molecular weight is 235 g/mol. The molecule has 1 heterocycles. The average Bonchev–Trinajstić information content (AvgIpc) is 2.40. The first-order chi connectivity index (χ1) is 8.35. The molecule has 94 valence electrons. The molecule has 0 amide bonds. The van der Waals surface area contributed by atoms with Crippen LogP contribution in [0.1, 0.15) is 5.56 Å². The van der Waals surface area contributed by atoms with Crippen molar-refractivity contribution in [2.24, 2.45) is 5.73 Å². The lowest BCUT2D eigenvalue weighted by Crippen LogP contribution is -2.47. The van der Waals surface area contributed by atoms with Gasteiger partial charge in [-0.3, -0.25) is 4.90 Å². The van der Waals surface area contributed by atoms with Gasteiger partial charge in [0.25, 0.3) is 0 Å². The van der Waals surface area contributed by atoms with Crippen LogP contribution in [0.2, 0.25) is 0 Å². The topological polar surface area (TPSA) is 52.7 Å². The second kappa shape index (κ2) is 6.00. The third-order valence-electron chi connectivity index (χ3n) is 3.34. The molecule has 0 aromatic heterocycles. The van der Waals surface area contributed by atoms with Crippen molar-refractivity contribution < 1.29 is 5.11 Å². The van der Waals surface area contributed by atoms with Gasteiger partial charge in [0.15, 0.2) is 0 Å². The molecular formula is C13H21N3O. The van der Waals surface area contributed by atoms with E-state index in [4.69, 9.17) is 10.8 Å². The number of benzene rings is 1. The molecule has 0 unspecified atom stereocenters. The summed E-state index contributed by atoms with van der Waals surface area (Å²) >= 11 is 0. The number of nitrogens with two attached hydrogens (primary N) is 1. The zero-order valence-electron chi connectivity index (χ0n) is 10.2. The Balaban J connectivity index is 2.00. The molecule has 2 rings (SSSR count). The second-order valence-corrected chi connectivity index (χ2v) is 4.39. The van der Waals surface area contributed by atoms with Crippen LogP contribution in [0.5, 0.6) is 0 Å². The van der Waals surface area contributed by atoms with Crippen LogP contribution in [0, 0.1) is 0 Å². The van der Waals surface area contributed by atoms with Gasteiger partial charge in [0.2, 0.25) is 0 Å². The SMILES string of the molecule is NCc1ccccc1N1CCN(CCO)CC1. The smallest absolute Gasteiger partial charge is 0.0558 e. The first-order valence-corrected chi connectivity index (χ1v) is 6.21. The molecule has 1 aliphatic heterocycles. The fourth-order valence-corrected chi connectivity index (χ4v) is 2.35. The zero-order valence-corrected chi connectivity index (χ0v) is 10.2. The van der Waals surface area contributed by atoms with Crippen molar-refractivity contribution in [1.82, 2.24) is 4.90 Å². The van der Waals surface area contributed by atoms with Crippen LogP contribution in [0.25, 0.3) is 0 Å². The number of nitrogens with zero attached hydrogens (tertiary/aromatic N) is 2. The van der Waals surface area contributed by atoms with Gasteiger partial charge in [-0.25, -0.2) is 0 Å². The van der Waals surface area contributed by atoms with Crippen LogP contribution in [-0.2, 0) is 6.54 Å². The Morgan fingerprint density at radius 1 is 1.12 bits per heavy atom. The van der Waals surface area contributed by atoms with Gasteiger partial charge in [0.1, 0.15) is 0 Å². The van der Waals surface area contributed by atoms with Gasteiger partial charge in [-0.15, -0.1) is 0 Å². The van der Waals surface area contributed by atoms with E-state index in [1.165, 1.54) is 11.3 Å². The Labute approximate surface area is 103 Å². The predicted octanol–water partition coefficient (Wildman–Crippen LogP) is 0.260. The number of rotatable bonds is 4. The molecule has 4 nitrogen and oxygen atoms in total. The summed E-state index contributed by atoms with van der Waals surface area (Å²) in [6.45, 7) is 5.67. The molecular weight excluding hydrogens is 214 g/mol. The molecule has 3 N–H and O–H groups in total. The molecule has 0 aliphatic carbocycles. The van der Waals surface area contributed by atoms with E-state index in [2.05, 4.69) is 28.0 Å². The van der Waals surface area contributed by atoms with Crippen LogP contribution >= 0.6 is 0 Å². The Morgan fingerprint density at radius 2 is 1.82 bits per heavy atom. The van der Waals surface area contributed by atoms with Crippen LogP contribution in [0.4, 0.5) is 5.69 Å². The molecule has 1 aromatic rings. The Bertz CT molecular complexity index is 348. The van der Waals surface area contributed by atoms with Gasteiger partial charge in [-0.05, 0) is 11.6 Å². The molecule has 0 saturated carbocycles. The normalized spacial score (nSPS) is 17.4. The second-order valence-electron chi connectivity index (χ2n) is 4.39. The van der Waals surface area contributed by atoms with E-state index >= 15 is 0 Å². The Morgan fingerprint density at radius 3 is 2.47 bits per heavy atom. The monoisotopic (exact) mass is 235 g/mol. The zero-order chi connectivity index (χ0) is 12.1. The van der Waals surface area contributed by atoms with Crippen LogP contribution in [-0.4, -0.2) is 49.3 Å². The first kappa shape index (κ1) is 12.4. The number of piperazine rings is 1. The molecule has 0 radical (unpaired) electrons. The fraction of sp³-hybridized carbons (Fsp3) is 0.538. The number of hydrogen-bond donors (Lipinski definition) is 2. The third kappa shape index (κ3) is 2.97. The third-order valence-corrected chi connectivity index (χ3v) is 3.34. The van der Waals surface area contributed by atoms with Crippen molar-refractivity contribution in [2.75, 3.05) is 44.2 Å². The van der Waals surface area contributed by atoms with Crippen LogP contribution < -0.4 is 10.6 Å². The van der Waals surface area contributed by atoms with E-state index < -0.39 is 0 Å². The van der Waals surface area contributed by atoms with E-state index in [-0.39, 0.29) is 6.61 Å². The lowest BCUT2D eigenvalue weighted by atomic mass is 10.1. The summed E-state index contributed by atoms with van der Waals surface area (Å²) < 4.78 is 0. The number of aliphatic hydroxyl groups excluding tert-OH is 1. The van der Waals surface area contributed by atoms with Crippen molar-refractivity contribution in [3.63, 3.8) is 0 Å². The molecule has 4 heteroatoms. The van der Waals surface area contributed by atoms with Gasteiger partial charge in [-0.2, -0.15) is 0 Å². The molecule has 1 aliphatic rings. The summed E-state index contributed by atoms with van der Waals surface area (Å²) in [4.78, 5) is 4.68. The first-order valence-electron chi connectivity index (χ1n) is 6.21. The molecule has 1 aromatic carbocycles. The van der Waals surface area contributed by atoms with Gasteiger partial charge in [-0.1, -0.05) is 18.2 Å². The van der Waals surface area contributed by atoms with Crippen molar-refractivity contribution in [2.45, 2.75) is 6.54 Å². The summed E-state index contributed by atoms with van der Waals surface area (Å²) in [5.74, 6) is 0. The minimum atomic E-state index is 0.249. The maximum atomic E-state index is 8.91. The molecule has 0 spiro atoms. The molecule has 0 atom stereocenters. The van der Waals surface area contributed by atoms with Crippen molar-refractivity contribution >= 4 is 5.69 Å². The highest BCUT2D eigenvalue weighted by Crippen LogP contribution is 2.21. The maximum Gasteiger partial charge on any atom is 0.0558 e. The molecule has 1 fully saturated rings. The van der Waals surface area contributed by atoms with E-state index in [1.807, 2.05) is 6.07 Å². The molecule has 17 heavy (non-hydrogen) atoms. The number of anilines is 1. The highest BCUT2D eigenvalue weighted by Gasteiger charge is 2.17. The van der Waals surface area contributed by atoms with E-state index in [0.29, 0.717) is 6.54 Å². The minimum Gasteiger partial charge on any atom is -0.395 e. The summed E-state index contributed by atoms with van der Waals surface area (Å²) in [5, 5.41) is 8.91. The quantitative estimate of drug-likeness (QED) is 0.786. The number of para-hydroxylation sites is 1. The summed E-state index contributed by atoms with van der Waals surface area (Å²) in [6, 6.07) is 8.33. The number of hydrogen-bond acceptors (Lipinski definition) is 4. The molecule has 0 bridgehead atoms. The lowest BCUT2D eigenvalue weighted by molar-refractivity contribution is 0.188. The van der Waals surface area contributed by atoms with Crippen molar-refractivity contribution in [1.29, 1.82) is 0 Å². The van der Waals surface area contributed by atoms with E-state index in [1.54, 1.807) is 0 Å². The van der Waals surface area contributed by atoms with E-state index in [0.717, 1.165) is 32.7 Å². The van der Waals surface area contributed by atoms with Crippen LogP contribution in [0.15, 0.2) is 24.3 Å². The largest absolute Gasteiger partial charge is 0.395 e. The van der Waals surface area contributed by atoms with E-state index in [9.17, 15) is 0 Å². The Hall–Kier alpha value is -1.10. The number of β-amino-alcohol motifs (C(OH)–C–C–N with tert-alkyl or cyclic N) is 1. The Kier molecular flexibility index (Phi) is 4.36. The van der Waals surface area contributed by atoms with Gasteiger partial charge < -0.3 is 15.7 Å². The van der Waals surface area contributed by atoms with Gasteiger partial charge >= 0.3 is 0 Å².